The maximum absolute atomic E-state index is 10.7. The summed E-state index contributed by atoms with van der Waals surface area (Å²) in [4.78, 5) is 17.3. The molecule has 1 N–H and O–H groups in total. The maximum Gasteiger partial charge on any atom is 0.225 e. The van der Waals surface area contributed by atoms with E-state index in [0.29, 0.717) is 12.4 Å². The Labute approximate surface area is 163 Å². The summed E-state index contributed by atoms with van der Waals surface area (Å²) in [6, 6.07) is 11.6. The van der Waals surface area contributed by atoms with Gasteiger partial charge in [-0.05, 0) is 18.2 Å². The monoisotopic (exact) mass is 375 g/mol. The van der Waals surface area contributed by atoms with Crippen LogP contribution in [-0.4, -0.2) is 62.2 Å². The van der Waals surface area contributed by atoms with Crippen LogP contribution in [0.1, 0.15) is 5.82 Å². The van der Waals surface area contributed by atoms with Crippen LogP contribution in [0, 0.1) is 11.3 Å². The molecule has 0 radical (unpaired) electrons. The number of fused-ring (bicyclic) bond motifs is 1. The van der Waals surface area contributed by atoms with Crippen LogP contribution in [0.2, 0.25) is 0 Å². The molecule has 0 saturated carbocycles. The molecule has 2 aromatic heterocycles. The van der Waals surface area contributed by atoms with E-state index in [-0.39, 0.29) is 11.3 Å². The third kappa shape index (κ3) is 3.40. The zero-order valence-corrected chi connectivity index (χ0v) is 15.7. The average molecular weight is 375 g/mol. The minimum atomic E-state index is 0.0466. The molecule has 0 bridgehead atoms. The number of aromatic nitrogens is 4. The largest absolute Gasteiger partial charge is 0.509 e. The van der Waals surface area contributed by atoms with E-state index in [1.165, 1.54) is 0 Å². The Morgan fingerprint density at radius 1 is 1.11 bits per heavy atom. The van der Waals surface area contributed by atoms with Crippen LogP contribution in [0.25, 0.3) is 16.6 Å². The zero-order valence-electron chi connectivity index (χ0n) is 15.7. The number of aryl methyl sites for hydroxylation is 1. The van der Waals surface area contributed by atoms with Gasteiger partial charge in [0.15, 0.2) is 5.82 Å². The standard InChI is InChI=1S/C20H21N7O/c1-25-17-6-3-2-5-16(17)24-19(25)15(13-21)18(28)14-26-9-11-27(12-10-26)20-22-7-4-8-23-20/h2-8,28H,9-12,14H2,1H3/b18-15-. The molecule has 1 aromatic carbocycles. The van der Waals surface area contributed by atoms with Crippen LogP contribution < -0.4 is 4.90 Å². The fraction of sp³-hybridized carbons (Fsp3) is 0.300. The number of para-hydroxylation sites is 2. The van der Waals surface area contributed by atoms with E-state index in [4.69, 9.17) is 0 Å². The van der Waals surface area contributed by atoms with Crippen LogP contribution in [0.15, 0.2) is 48.5 Å². The van der Waals surface area contributed by atoms with Crippen LogP contribution >= 0.6 is 0 Å². The Bertz CT molecular complexity index is 1040. The van der Waals surface area contributed by atoms with Gasteiger partial charge in [0.2, 0.25) is 5.95 Å². The molecule has 8 heteroatoms. The van der Waals surface area contributed by atoms with Gasteiger partial charge in [0.1, 0.15) is 17.4 Å². The fourth-order valence-electron chi connectivity index (χ4n) is 3.46. The average Bonchev–Trinajstić information content (AvgIpc) is 3.06. The minimum absolute atomic E-state index is 0.0466. The normalized spacial score (nSPS) is 16.1. The van der Waals surface area contributed by atoms with E-state index < -0.39 is 0 Å². The molecular weight excluding hydrogens is 354 g/mol. The summed E-state index contributed by atoms with van der Waals surface area (Å²) < 4.78 is 1.84. The molecule has 1 aliphatic rings. The number of benzene rings is 1. The van der Waals surface area contributed by atoms with Gasteiger partial charge in [-0.3, -0.25) is 4.90 Å². The smallest absolute Gasteiger partial charge is 0.225 e. The highest BCUT2D eigenvalue weighted by Gasteiger charge is 2.22. The first-order valence-corrected chi connectivity index (χ1v) is 9.15. The molecule has 0 spiro atoms. The van der Waals surface area contributed by atoms with E-state index in [1.54, 1.807) is 18.5 Å². The number of aliphatic hydroxyl groups excluding tert-OH is 1. The highest BCUT2D eigenvalue weighted by Crippen LogP contribution is 2.22. The van der Waals surface area contributed by atoms with Crippen molar-refractivity contribution >= 4 is 22.6 Å². The van der Waals surface area contributed by atoms with Gasteiger partial charge in [-0.15, -0.1) is 0 Å². The predicted octanol–water partition coefficient (Wildman–Crippen LogP) is 1.98. The number of allylic oxidation sites excluding steroid dienone is 1. The van der Waals surface area contributed by atoms with E-state index in [0.717, 1.165) is 43.2 Å². The molecule has 3 heterocycles. The second-order valence-electron chi connectivity index (χ2n) is 6.73. The Morgan fingerprint density at radius 3 is 2.50 bits per heavy atom. The summed E-state index contributed by atoms with van der Waals surface area (Å²) in [6.07, 6.45) is 3.47. The van der Waals surface area contributed by atoms with Crippen LogP contribution in [-0.2, 0) is 7.05 Å². The molecule has 1 fully saturated rings. The lowest BCUT2D eigenvalue weighted by atomic mass is 10.2. The molecule has 8 nitrogen and oxygen atoms in total. The third-order valence-electron chi connectivity index (χ3n) is 4.99. The number of aliphatic hydroxyl groups is 1. The second kappa shape index (κ2) is 7.66. The SMILES string of the molecule is Cn1c(/C(C#N)=C(\O)CN2CCN(c3ncccn3)CC2)nc2ccccc21. The van der Waals surface area contributed by atoms with Crippen molar-refractivity contribution in [3.8, 4) is 6.07 Å². The predicted molar refractivity (Wildman–Crippen MR) is 107 cm³/mol. The van der Waals surface area contributed by atoms with Crippen molar-refractivity contribution in [1.82, 2.24) is 24.4 Å². The number of rotatable bonds is 4. The number of nitrogens with zero attached hydrogens (tertiary/aromatic N) is 7. The van der Waals surface area contributed by atoms with Gasteiger partial charge in [-0.2, -0.15) is 5.26 Å². The summed E-state index contributed by atoms with van der Waals surface area (Å²) in [5.74, 6) is 1.25. The van der Waals surface area contributed by atoms with E-state index in [2.05, 4.69) is 30.8 Å². The summed E-state index contributed by atoms with van der Waals surface area (Å²) in [5.41, 5.74) is 1.94. The van der Waals surface area contributed by atoms with Crippen LogP contribution in [0.4, 0.5) is 5.95 Å². The van der Waals surface area contributed by atoms with E-state index in [9.17, 15) is 10.4 Å². The van der Waals surface area contributed by atoms with Gasteiger partial charge in [0.05, 0.1) is 17.6 Å². The van der Waals surface area contributed by atoms with Crippen molar-refractivity contribution in [2.45, 2.75) is 0 Å². The molecule has 3 aromatic rings. The fourth-order valence-corrected chi connectivity index (χ4v) is 3.46. The van der Waals surface area contributed by atoms with Crippen molar-refractivity contribution in [2.24, 2.45) is 7.05 Å². The first kappa shape index (κ1) is 17.9. The van der Waals surface area contributed by atoms with Crippen molar-refractivity contribution in [3.05, 3.63) is 54.3 Å². The van der Waals surface area contributed by atoms with Crippen molar-refractivity contribution in [3.63, 3.8) is 0 Å². The van der Waals surface area contributed by atoms with E-state index in [1.807, 2.05) is 35.9 Å². The maximum atomic E-state index is 10.7. The van der Waals surface area contributed by atoms with Crippen LogP contribution in [0.3, 0.4) is 0 Å². The molecule has 28 heavy (non-hydrogen) atoms. The van der Waals surface area contributed by atoms with Gasteiger partial charge in [-0.1, -0.05) is 12.1 Å². The molecule has 0 atom stereocenters. The number of hydrogen-bond donors (Lipinski definition) is 1. The quantitative estimate of drug-likeness (QED) is 0.550. The second-order valence-corrected chi connectivity index (χ2v) is 6.73. The molecule has 0 amide bonds. The highest BCUT2D eigenvalue weighted by molar-refractivity contribution is 5.83. The summed E-state index contributed by atoms with van der Waals surface area (Å²) in [6.45, 7) is 3.36. The number of anilines is 1. The van der Waals surface area contributed by atoms with Gasteiger partial charge >= 0.3 is 0 Å². The number of piperazine rings is 1. The Morgan fingerprint density at radius 2 is 1.82 bits per heavy atom. The van der Waals surface area contributed by atoms with Gasteiger partial charge in [0.25, 0.3) is 0 Å². The first-order chi connectivity index (χ1) is 13.7. The lowest BCUT2D eigenvalue weighted by molar-refractivity contribution is 0.238. The summed E-state index contributed by atoms with van der Waals surface area (Å²) in [7, 11) is 1.86. The molecule has 142 valence electrons. The Hall–Kier alpha value is -3.44. The minimum Gasteiger partial charge on any atom is -0.509 e. The van der Waals surface area contributed by atoms with Gasteiger partial charge in [0, 0.05) is 45.6 Å². The lowest BCUT2D eigenvalue weighted by Gasteiger charge is -2.34. The lowest BCUT2D eigenvalue weighted by Crippen LogP contribution is -2.47. The Balaban J connectivity index is 1.50. The zero-order chi connectivity index (χ0) is 19.5. The molecule has 1 aliphatic heterocycles. The topological polar surface area (TPSA) is 94.1 Å². The molecule has 4 rings (SSSR count). The number of hydrogen-bond acceptors (Lipinski definition) is 7. The molecule has 0 aliphatic carbocycles. The Kier molecular flexibility index (Phi) is 4.91. The van der Waals surface area contributed by atoms with Crippen molar-refractivity contribution < 1.29 is 5.11 Å². The summed E-state index contributed by atoms with van der Waals surface area (Å²) in [5, 5.41) is 20.3. The molecule has 0 unspecified atom stereocenters. The van der Waals surface area contributed by atoms with Crippen LogP contribution in [0.5, 0.6) is 0 Å². The summed E-state index contributed by atoms with van der Waals surface area (Å²) >= 11 is 0. The van der Waals surface area contributed by atoms with Gasteiger partial charge in [-0.25, -0.2) is 15.0 Å². The van der Waals surface area contributed by atoms with Crippen molar-refractivity contribution in [1.29, 1.82) is 5.26 Å². The number of imidazole rings is 1. The first-order valence-electron chi connectivity index (χ1n) is 9.15. The molecule has 1 saturated heterocycles. The van der Waals surface area contributed by atoms with E-state index >= 15 is 0 Å². The third-order valence-corrected chi connectivity index (χ3v) is 4.99. The van der Waals surface area contributed by atoms with Gasteiger partial charge < -0.3 is 14.6 Å². The molecular formula is C20H21N7O. The highest BCUT2D eigenvalue weighted by atomic mass is 16.3. The van der Waals surface area contributed by atoms with Crippen molar-refractivity contribution in [2.75, 3.05) is 37.6 Å². The number of nitriles is 1.